The van der Waals surface area contributed by atoms with Gasteiger partial charge in [-0.05, 0) is 18.2 Å². The molecule has 1 aromatic carbocycles. The first-order valence-corrected chi connectivity index (χ1v) is 6.67. The molecule has 0 amide bonds. The van der Waals surface area contributed by atoms with Gasteiger partial charge < -0.3 is 0 Å². The van der Waals surface area contributed by atoms with E-state index in [1.807, 2.05) is 12.1 Å². The molecule has 0 spiro atoms. The van der Waals surface area contributed by atoms with Crippen molar-refractivity contribution in [3.05, 3.63) is 62.7 Å². The Morgan fingerprint density at radius 2 is 1.95 bits per heavy atom. The monoisotopic (exact) mass is 273 g/mol. The van der Waals surface area contributed by atoms with E-state index in [0.29, 0.717) is 18.5 Å². The lowest BCUT2D eigenvalue weighted by molar-refractivity contribution is 0.521. The predicted molar refractivity (Wildman–Crippen MR) is 74.6 cm³/mol. The van der Waals surface area contributed by atoms with Crippen LogP contribution in [0.2, 0.25) is 0 Å². The van der Waals surface area contributed by atoms with Crippen molar-refractivity contribution in [3.63, 3.8) is 0 Å². The normalized spacial score (nSPS) is 10.9. The molecule has 0 aliphatic carbocycles. The lowest BCUT2D eigenvalue weighted by Gasteiger charge is -2.05. The second kappa shape index (κ2) is 4.81. The van der Waals surface area contributed by atoms with Crippen molar-refractivity contribution < 1.29 is 0 Å². The average Bonchev–Trinajstić information content (AvgIpc) is 2.92. The molecular formula is C13H11N3O2S. The minimum atomic E-state index is -0.230. The van der Waals surface area contributed by atoms with Gasteiger partial charge in [-0.15, -0.1) is 0 Å². The summed E-state index contributed by atoms with van der Waals surface area (Å²) in [6.45, 7) is 0.841. The van der Waals surface area contributed by atoms with Crippen LogP contribution in [0.3, 0.4) is 0 Å². The van der Waals surface area contributed by atoms with E-state index in [1.54, 1.807) is 35.3 Å². The summed E-state index contributed by atoms with van der Waals surface area (Å²) in [7, 11) is 0. The highest BCUT2D eigenvalue weighted by molar-refractivity contribution is 7.16. The average molecular weight is 273 g/mol. The molecule has 3 rings (SSSR count). The molecule has 0 aliphatic heterocycles. The topological polar surface area (TPSA) is 56.9 Å². The van der Waals surface area contributed by atoms with Gasteiger partial charge in [-0.25, -0.2) is 0 Å². The highest BCUT2D eigenvalue weighted by Gasteiger charge is 2.07. The number of nitrogens with zero attached hydrogens (tertiary/aromatic N) is 3. The fourth-order valence-electron chi connectivity index (χ4n) is 1.94. The molecule has 0 bridgehead atoms. The minimum Gasteiger partial charge on any atom is -0.271 e. The van der Waals surface area contributed by atoms with E-state index in [1.165, 1.54) is 4.57 Å². The van der Waals surface area contributed by atoms with Crippen LogP contribution in [-0.4, -0.2) is 14.3 Å². The van der Waals surface area contributed by atoms with Gasteiger partial charge in [-0.2, -0.15) is 5.10 Å². The molecule has 0 unspecified atom stereocenters. The Bertz CT molecular complexity index is 818. The molecule has 5 nitrogen and oxygen atoms in total. The van der Waals surface area contributed by atoms with Crippen molar-refractivity contribution in [2.45, 2.75) is 13.1 Å². The molecule has 0 aliphatic rings. The van der Waals surface area contributed by atoms with E-state index < -0.39 is 0 Å². The molecular weight excluding hydrogens is 262 g/mol. The van der Waals surface area contributed by atoms with E-state index in [0.717, 1.165) is 16.0 Å². The fourth-order valence-corrected chi connectivity index (χ4v) is 2.82. The first-order valence-electron chi connectivity index (χ1n) is 5.86. The fraction of sp³-hybridized carbons (Fsp3) is 0.154. The summed E-state index contributed by atoms with van der Waals surface area (Å²) in [5, 5.41) is 4.65. The first-order chi connectivity index (χ1) is 9.25. The zero-order valence-corrected chi connectivity index (χ0v) is 10.8. The number of aryl methyl sites for hydroxylation is 1. The van der Waals surface area contributed by atoms with Crippen LogP contribution in [0.1, 0.15) is 0 Å². The molecule has 96 valence electrons. The number of hydrogen-bond donors (Lipinski definition) is 0. The lowest BCUT2D eigenvalue weighted by Crippen LogP contribution is -2.32. The number of aromatic nitrogens is 3. The SMILES string of the molecule is O=c1sc2ccccc2c(=O)n1CCn1cccn1. The molecule has 3 aromatic rings. The third kappa shape index (κ3) is 2.22. The summed E-state index contributed by atoms with van der Waals surface area (Å²) < 4.78 is 3.70. The van der Waals surface area contributed by atoms with E-state index >= 15 is 0 Å². The van der Waals surface area contributed by atoms with Gasteiger partial charge in [0.15, 0.2) is 0 Å². The first kappa shape index (κ1) is 11.9. The van der Waals surface area contributed by atoms with Crippen molar-refractivity contribution in [1.29, 1.82) is 0 Å². The Morgan fingerprint density at radius 1 is 1.11 bits per heavy atom. The molecule has 0 saturated heterocycles. The molecule has 2 aromatic heterocycles. The van der Waals surface area contributed by atoms with Gasteiger partial charge in [0.05, 0.1) is 11.9 Å². The van der Waals surface area contributed by atoms with Crippen LogP contribution in [0, 0.1) is 0 Å². The Balaban J connectivity index is 2.04. The lowest BCUT2D eigenvalue weighted by atomic mass is 10.3. The van der Waals surface area contributed by atoms with Gasteiger partial charge in [0.2, 0.25) is 0 Å². The van der Waals surface area contributed by atoms with Gasteiger partial charge in [0, 0.05) is 23.6 Å². The van der Waals surface area contributed by atoms with Crippen molar-refractivity contribution >= 4 is 21.4 Å². The maximum atomic E-state index is 12.2. The van der Waals surface area contributed by atoms with Gasteiger partial charge in [0.25, 0.3) is 5.56 Å². The summed E-state index contributed by atoms with van der Waals surface area (Å²) in [6, 6.07) is 8.98. The molecule has 0 fully saturated rings. The molecule has 0 radical (unpaired) electrons. The Morgan fingerprint density at radius 3 is 2.74 bits per heavy atom. The summed E-state index contributed by atoms with van der Waals surface area (Å²) in [6.07, 6.45) is 3.48. The van der Waals surface area contributed by atoms with Crippen molar-refractivity contribution in [2.75, 3.05) is 0 Å². The minimum absolute atomic E-state index is 0.226. The number of rotatable bonds is 3. The molecule has 0 atom stereocenters. The van der Waals surface area contributed by atoms with Gasteiger partial charge in [-0.3, -0.25) is 18.8 Å². The molecule has 0 saturated carbocycles. The second-order valence-electron chi connectivity index (χ2n) is 4.09. The van der Waals surface area contributed by atoms with Crippen molar-refractivity contribution in [3.8, 4) is 0 Å². The number of fused-ring (bicyclic) bond motifs is 1. The van der Waals surface area contributed by atoms with E-state index in [-0.39, 0.29) is 10.4 Å². The highest BCUT2D eigenvalue weighted by atomic mass is 32.1. The third-order valence-electron chi connectivity index (χ3n) is 2.89. The maximum absolute atomic E-state index is 12.2. The zero-order chi connectivity index (χ0) is 13.2. The van der Waals surface area contributed by atoms with Crippen LogP contribution in [0.5, 0.6) is 0 Å². The van der Waals surface area contributed by atoms with E-state index in [2.05, 4.69) is 5.10 Å². The second-order valence-corrected chi connectivity index (χ2v) is 5.08. The van der Waals surface area contributed by atoms with Crippen LogP contribution < -0.4 is 10.4 Å². The molecule has 6 heteroatoms. The van der Waals surface area contributed by atoms with Gasteiger partial charge in [-0.1, -0.05) is 23.5 Å². The van der Waals surface area contributed by atoms with Crippen LogP contribution in [0.25, 0.3) is 10.1 Å². The molecule has 2 heterocycles. The third-order valence-corrected chi connectivity index (χ3v) is 3.86. The van der Waals surface area contributed by atoms with Crippen molar-refractivity contribution in [1.82, 2.24) is 14.3 Å². The van der Waals surface area contributed by atoms with Gasteiger partial charge in [0.1, 0.15) is 0 Å². The molecule has 0 N–H and O–H groups in total. The van der Waals surface area contributed by atoms with Crippen molar-refractivity contribution in [2.24, 2.45) is 0 Å². The largest absolute Gasteiger partial charge is 0.310 e. The Kier molecular flexibility index (Phi) is 3.00. The Hall–Kier alpha value is -2.21. The summed E-state index contributed by atoms with van der Waals surface area (Å²) >= 11 is 1.10. The zero-order valence-electron chi connectivity index (χ0n) is 10.0. The van der Waals surface area contributed by atoms with Crippen LogP contribution in [0.4, 0.5) is 0 Å². The standard InChI is InChI=1S/C13H11N3O2S/c17-12-10-4-1-2-5-11(10)19-13(18)16(12)9-8-15-7-3-6-14-15/h1-7H,8-9H2. The van der Waals surface area contributed by atoms with Crippen LogP contribution in [0.15, 0.2) is 52.3 Å². The number of benzene rings is 1. The molecule has 19 heavy (non-hydrogen) atoms. The van der Waals surface area contributed by atoms with Crippen LogP contribution in [-0.2, 0) is 13.1 Å². The number of hydrogen-bond acceptors (Lipinski definition) is 4. The van der Waals surface area contributed by atoms with Crippen LogP contribution >= 0.6 is 11.3 Å². The van der Waals surface area contributed by atoms with Gasteiger partial charge >= 0.3 is 4.87 Å². The van der Waals surface area contributed by atoms with E-state index in [4.69, 9.17) is 0 Å². The quantitative estimate of drug-likeness (QED) is 0.723. The maximum Gasteiger partial charge on any atom is 0.310 e. The smallest absolute Gasteiger partial charge is 0.271 e. The predicted octanol–water partition coefficient (Wildman–Crippen LogP) is 1.32. The summed E-state index contributed by atoms with van der Waals surface area (Å²) in [5.74, 6) is 0. The summed E-state index contributed by atoms with van der Waals surface area (Å²) in [4.78, 5) is 24.0. The van der Waals surface area contributed by atoms with E-state index in [9.17, 15) is 9.59 Å². The Labute approximate surface area is 112 Å². The summed E-state index contributed by atoms with van der Waals surface area (Å²) in [5.41, 5.74) is -0.230. The highest BCUT2D eigenvalue weighted by Crippen LogP contribution is 2.10.